The van der Waals surface area contributed by atoms with E-state index in [1.807, 2.05) is 0 Å². The van der Waals surface area contributed by atoms with Crippen LogP contribution in [0.25, 0.3) is 0 Å². The van der Waals surface area contributed by atoms with Gasteiger partial charge in [0.2, 0.25) is 10.0 Å². The van der Waals surface area contributed by atoms with Gasteiger partial charge in [-0.15, -0.1) is 0 Å². The van der Waals surface area contributed by atoms with Crippen LogP contribution in [0.15, 0.2) is 22.7 Å². The second-order valence-corrected chi connectivity index (χ2v) is 5.85. The summed E-state index contributed by atoms with van der Waals surface area (Å²) in [6.45, 7) is 1.73. The van der Waals surface area contributed by atoms with Gasteiger partial charge in [0.25, 0.3) is 0 Å². The zero-order valence-electron chi connectivity index (χ0n) is 8.40. The lowest BCUT2D eigenvalue weighted by molar-refractivity contribution is -0.134. The number of aryl methyl sites for hydroxylation is 1. The third kappa shape index (κ3) is 3.82. The van der Waals surface area contributed by atoms with Gasteiger partial charge < -0.3 is 5.11 Å². The van der Waals surface area contributed by atoms with Crippen LogP contribution in [0.5, 0.6) is 0 Å². The van der Waals surface area contributed by atoms with Gasteiger partial charge in [-0.1, -0.05) is 15.9 Å². The molecule has 1 aromatic carbocycles. The Balaban J connectivity index is 2.92. The lowest BCUT2D eigenvalue weighted by Gasteiger charge is -2.09. The summed E-state index contributed by atoms with van der Waals surface area (Å²) >= 11 is 3.24. The Morgan fingerprint density at radius 3 is 2.62 bits per heavy atom. The molecule has 0 aliphatic rings. The van der Waals surface area contributed by atoms with Gasteiger partial charge in [0.1, 0.15) is 0 Å². The van der Waals surface area contributed by atoms with Crippen LogP contribution < -0.4 is 4.72 Å². The first kappa shape index (κ1) is 13.0. The molecule has 0 unspecified atom stereocenters. The van der Waals surface area contributed by atoms with E-state index in [0.29, 0.717) is 11.3 Å². The van der Waals surface area contributed by atoms with Crippen LogP contribution in [0.4, 0.5) is 5.69 Å². The van der Waals surface area contributed by atoms with E-state index in [1.54, 1.807) is 25.1 Å². The summed E-state index contributed by atoms with van der Waals surface area (Å²) in [5.41, 5.74) is 1.09. The number of hydrogen-bond donors (Lipinski definition) is 2. The molecule has 5 nitrogen and oxygen atoms in total. The first-order valence-electron chi connectivity index (χ1n) is 4.28. The summed E-state index contributed by atoms with van der Waals surface area (Å²) in [7, 11) is -3.83. The minimum Gasteiger partial charge on any atom is -0.480 e. The highest BCUT2D eigenvalue weighted by molar-refractivity contribution is 9.10. The molecule has 2 N–H and O–H groups in total. The van der Waals surface area contributed by atoms with E-state index < -0.39 is 21.7 Å². The van der Waals surface area contributed by atoms with E-state index in [-0.39, 0.29) is 0 Å². The van der Waals surface area contributed by atoms with E-state index in [4.69, 9.17) is 5.11 Å². The molecule has 7 heteroatoms. The number of benzene rings is 1. The third-order valence-electron chi connectivity index (χ3n) is 1.77. The Kier molecular flexibility index (Phi) is 3.93. The SMILES string of the molecule is Cc1cc(Br)ccc1NS(=O)(=O)CC(=O)O. The first-order valence-corrected chi connectivity index (χ1v) is 6.73. The van der Waals surface area contributed by atoms with Crippen LogP contribution in [0.2, 0.25) is 0 Å². The normalized spacial score (nSPS) is 11.1. The number of carboxylic acid groups (broad SMARTS) is 1. The average Bonchev–Trinajstić information content (AvgIpc) is 2.07. The molecule has 0 atom stereocenters. The summed E-state index contributed by atoms with van der Waals surface area (Å²) in [4.78, 5) is 10.3. The van der Waals surface area contributed by atoms with E-state index in [1.165, 1.54) is 0 Å². The standard InChI is InChI=1S/C9H10BrNO4S/c1-6-4-7(10)2-3-8(6)11-16(14,15)5-9(12)13/h2-4,11H,5H2,1H3,(H,12,13). The quantitative estimate of drug-likeness (QED) is 0.884. The van der Waals surface area contributed by atoms with Crippen LogP contribution in [-0.4, -0.2) is 25.2 Å². The van der Waals surface area contributed by atoms with Crippen molar-refractivity contribution >= 4 is 37.6 Å². The Morgan fingerprint density at radius 2 is 2.12 bits per heavy atom. The Bertz CT molecular complexity index is 512. The second-order valence-electron chi connectivity index (χ2n) is 3.21. The molecule has 0 aliphatic carbocycles. The zero-order valence-corrected chi connectivity index (χ0v) is 10.8. The van der Waals surface area contributed by atoms with E-state index in [9.17, 15) is 13.2 Å². The van der Waals surface area contributed by atoms with Crippen molar-refractivity contribution in [2.24, 2.45) is 0 Å². The number of halogens is 1. The average molecular weight is 308 g/mol. The van der Waals surface area contributed by atoms with Gasteiger partial charge in [0.15, 0.2) is 5.75 Å². The van der Waals surface area contributed by atoms with E-state index >= 15 is 0 Å². The first-order chi connectivity index (χ1) is 7.30. The third-order valence-corrected chi connectivity index (χ3v) is 3.42. The predicted molar refractivity (Wildman–Crippen MR) is 63.9 cm³/mol. The van der Waals surface area contributed by atoms with Crippen molar-refractivity contribution in [3.05, 3.63) is 28.2 Å². The molecule has 0 spiro atoms. The molecule has 1 rings (SSSR count). The summed E-state index contributed by atoms with van der Waals surface area (Å²) in [5, 5.41) is 8.41. The smallest absolute Gasteiger partial charge is 0.320 e. The molecule has 0 fully saturated rings. The molecule has 0 amide bonds. The summed E-state index contributed by atoms with van der Waals surface area (Å²) in [5.74, 6) is -2.33. The minimum absolute atomic E-state index is 0.379. The van der Waals surface area contributed by atoms with Crippen molar-refractivity contribution in [2.75, 3.05) is 10.5 Å². The van der Waals surface area contributed by atoms with Gasteiger partial charge in [-0.3, -0.25) is 9.52 Å². The summed E-state index contributed by atoms with van der Waals surface area (Å²) in [6, 6.07) is 4.98. The monoisotopic (exact) mass is 307 g/mol. The van der Waals surface area contributed by atoms with Gasteiger partial charge in [-0.25, -0.2) is 8.42 Å². The van der Waals surface area contributed by atoms with Crippen molar-refractivity contribution in [1.29, 1.82) is 0 Å². The molecule has 0 heterocycles. The number of anilines is 1. The van der Waals surface area contributed by atoms with Crippen molar-refractivity contribution in [2.45, 2.75) is 6.92 Å². The molecule has 88 valence electrons. The zero-order chi connectivity index (χ0) is 12.3. The molecule has 0 aliphatic heterocycles. The van der Waals surface area contributed by atoms with Gasteiger partial charge in [-0.05, 0) is 30.7 Å². The van der Waals surface area contributed by atoms with Crippen molar-refractivity contribution in [1.82, 2.24) is 0 Å². The lowest BCUT2D eigenvalue weighted by Crippen LogP contribution is -2.22. The van der Waals surface area contributed by atoms with Crippen molar-refractivity contribution < 1.29 is 18.3 Å². The fourth-order valence-corrected chi connectivity index (χ4v) is 2.54. The number of nitrogens with one attached hydrogen (secondary N) is 1. The molecule has 0 saturated heterocycles. The molecular weight excluding hydrogens is 298 g/mol. The summed E-state index contributed by atoms with van der Waals surface area (Å²) in [6.07, 6.45) is 0. The highest BCUT2D eigenvalue weighted by Crippen LogP contribution is 2.20. The fraction of sp³-hybridized carbons (Fsp3) is 0.222. The Hall–Kier alpha value is -1.08. The number of rotatable bonds is 4. The topological polar surface area (TPSA) is 83.5 Å². The highest BCUT2D eigenvalue weighted by Gasteiger charge is 2.16. The Morgan fingerprint density at radius 1 is 1.50 bits per heavy atom. The molecule has 0 radical (unpaired) electrons. The molecule has 16 heavy (non-hydrogen) atoms. The number of aliphatic carboxylic acids is 1. The van der Waals surface area contributed by atoms with Crippen LogP contribution in [-0.2, 0) is 14.8 Å². The second kappa shape index (κ2) is 4.84. The highest BCUT2D eigenvalue weighted by atomic mass is 79.9. The predicted octanol–water partition coefficient (Wildman–Crippen LogP) is 1.58. The van der Waals surface area contributed by atoms with Gasteiger partial charge in [0, 0.05) is 4.47 Å². The van der Waals surface area contributed by atoms with Crippen molar-refractivity contribution in [3.63, 3.8) is 0 Å². The number of sulfonamides is 1. The summed E-state index contributed by atoms with van der Waals surface area (Å²) < 4.78 is 25.7. The number of carboxylic acids is 1. The maximum absolute atomic E-state index is 11.3. The molecule has 0 bridgehead atoms. The minimum atomic E-state index is -3.83. The van der Waals surface area contributed by atoms with Gasteiger partial charge >= 0.3 is 5.97 Å². The largest absolute Gasteiger partial charge is 0.480 e. The lowest BCUT2D eigenvalue weighted by atomic mass is 10.2. The molecule has 0 aromatic heterocycles. The molecule has 1 aromatic rings. The van der Waals surface area contributed by atoms with E-state index in [0.717, 1.165) is 4.47 Å². The molecular formula is C9H10BrNO4S. The van der Waals surface area contributed by atoms with Crippen molar-refractivity contribution in [3.8, 4) is 0 Å². The number of carbonyl (C=O) groups is 1. The van der Waals surface area contributed by atoms with Gasteiger partial charge in [-0.2, -0.15) is 0 Å². The molecule has 0 saturated carbocycles. The maximum Gasteiger partial charge on any atom is 0.320 e. The maximum atomic E-state index is 11.3. The number of hydrogen-bond acceptors (Lipinski definition) is 3. The van der Waals surface area contributed by atoms with Gasteiger partial charge in [0.05, 0.1) is 5.69 Å². The van der Waals surface area contributed by atoms with E-state index in [2.05, 4.69) is 20.7 Å². The van der Waals surface area contributed by atoms with Crippen LogP contribution in [0, 0.1) is 6.92 Å². The van der Waals surface area contributed by atoms with Crippen LogP contribution >= 0.6 is 15.9 Å². The van der Waals surface area contributed by atoms with Crippen LogP contribution in [0.1, 0.15) is 5.56 Å². The fourth-order valence-electron chi connectivity index (χ4n) is 1.11. The van der Waals surface area contributed by atoms with Crippen LogP contribution in [0.3, 0.4) is 0 Å². The Labute approximate surface area is 102 Å².